The minimum atomic E-state index is -0.253. The number of likely N-dealkylation sites (tertiary alicyclic amines) is 1. The van der Waals surface area contributed by atoms with E-state index in [0.717, 1.165) is 24.9 Å². The third-order valence-electron chi connectivity index (χ3n) is 3.64. The SMILES string of the molecule is CC(CN1CCCC(O)C1)C(=O)OCc1ccccc1. The second-order valence-corrected chi connectivity index (χ2v) is 5.55. The lowest BCUT2D eigenvalue weighted by Gasteiger charge is -2.31. The normalized spacial score (nSPS) is 21.4. The number of aliphatic hydroxyl groups is 1. The van der Waals surface area contributed by atoms with E-state index < -0.39 is 0 Å². The molecular weight excluding hydrogens is 254 g/mol. The number of aliphatic hydroxyl groups excluding tert-OH is 1. The van der Waals surface area contributed by atoms with Gasteiger partial charge in [-0.3, -0.25) is 9.69 Å². The summed E-state index contributed by atoms with van der Waals surface area (Å²) < 4.78 is 5.33. The maximum atomic E-state index is 12.0. The fourth-order valence-corrected chi connectivity index (χ4v) is 2.53. The smallest absolute Gasteiger partial charge is 0.310 e. The number of hydrogen-bond acceptors (Lipinski definition) is 4. The Balaban J connectivity index is 1.74. The zero-order valence-electron chi connectivity index (χ0n) is 12.0. The first-order chi connectivity index (χ1) is 9.65. The highest BCUT2D eigenvalue weighted by atomic mass is 16.5. The van der Waals surface area contributed by atoms with Crippen LogP contribution in [0.2, 0.25) is 0 Å². The molecule has 0 aromatic heterocycles. The van der Waals surface area contributed by atoms with Crippen molar-refractivity contribution in [3.8, 4) is 0 Å². The average Bonchev–Trinajstić information content (AvgIpc) is 2.46. The first kappa shape index (κ1) is 15.0. The van der Waals surface area contributed by atoms with Gasteiger partial charge in [-0.25, -0.2) is 0 Å². The van der Waals surface area contributed by atoms with Crippen molar-refractivity contribution >= 4 is 5.97 Å². The number of carbonyl (C=O) groups excluding carboxylic acids is 1. The first-order valence-corrected chi connectivity index (χ1v) is 7.26. The van der Waals surface area contributed by atoms with Gasteiger partial charge in [-0.1, -0.05) is 37.3 Å². The molecule has 0 radical (unpaired) electrons. The van der Waals surface area contributed by atoms with Crippen molar-refractivity contribution in [2.24, 2.45) is 5.92 Å². The van der Waals surface area contributed by atoms with Gasteiger partial charge in [0.1, 0.15) is 6.61 Å². The lowest BCUT2D eigenvalue weighted by Crippen LogP contribution is -2.41. The van der Waals surface area contributed by atoms with Gasteiger partial charge in [0.15, 0.2) is 0 Å². The topological polar surface area (TPSA) is 49.8 Å². The van der Waals surface area contributed by atoms with Crippen LogP contribution in [0.4, 0.5) is 0 Å². The summed E-state index contributed by atoms with van der Waals surface area (Å²) in [5.74, 6) is -0.335. The van der Waals surface area contributed by atoms with Gasteiger partial charge in [-0.2, -0.15) is 0 Å². The van der Waals surface area contributed by atoms with Crippen molar-refractivity contribution in [1.82, 2.24) is 4.90 Å². The first-order valence-electron chi connectivity index (χ1n) is 7.26. The van der Waals surface area contributed by atoms with Crippen LogP contribution < -0.4 is 0 Å². The van der Waals surface area contributed by atoms with E-state index in [2.05, 4.69) is 4.90 Å². The van der Waals surface area contributed by atoms with E-state index >= 15 is 0 Å². The van der Waals surface area contributed by atoms with Crippen LogP contribution in [-0.2, 0) is 16.1 Å². The van der Waals surface area contributed by atoms with Crippen molar-refractivity contribution in [3.63, 3.8) is 0 Å². The van der Waals surface area contributed by atoms with Gasteiger partial charge >= 0.3 is 5.97 Å². The Hall–Kier alpha value is -1.39. The molecule has 0 aliphatic carbocycles. The monoisotopic (exact) mass is 277 g/mol. The lowest BCUT2D eigenvalue weighted by atomic mass is 10.1. The molecule has 2 atom stereocenters. The van der Waals surface area contributed by atoms with Crippen LogP contribution in [0.3, 0.4) is 0 Å². The van der Waals surface area contributed by atoms with Crippen LogP contribution in [0.15, 0.2) is 30.3 Å². The second kappa shape index (κ2) is 7.41. The number of hydrogen-bond donors (Lipinski definition) is 1. The maximum Gasteiger partial charge on any atom is 0.310 e. The Morgan fingerprint density at radius 1 is 1.45 bits per heavy atom. The van der Waals surface area contributed by atoms with Crippen LogP contribution in [0.1, 0.15) is 25.3 Å². The molecule has 1 saturated heterocycles. The molecule has 1 N–H and O–H groups in total. The molecule has 0 amide bonds. The van der Waals surface area contributed by atoms with Crippen molar-refractivity contribution in [2.45, 2.75) is 32.5 Å². The summed E-state index contributed by atoms with van der Waals surface area (Å²) in [4.78, 5) is 14.1. The maximum absolute atomic E-state index is 12.0. The molecule has 1 aliphatic heterocycles. The molecule has 0 spiro atoms. The molecule has 20 heavy (non-hydrogen) atoms. The molecule has 1 fully saturated rings. The predicted molar refractivity (Wildman–Crippen MR) is 77.1 cm³/mol. The molecule has 4 heteroatoms. The van der Waals surface area contributed by atoms with E-state index in [1.807, 2.05) is 37.3 Å². The Labute approximate surface area is 120 Å². The molecule has 2 unspecified atom stereocenters. The molecule has 2 rings (SSSR count). The van der Waals surface area contributed by atoms with Gasteiger partial charge in [0.2, 0.25) is 0 Å². The van der Waals surface area contributed by atoms with Gasteiger partial charge in [-0.05, 0) is 24.9 Å². The summed E-state index contributed by atoms with van der Waals surface area (Å²) in [6.07, 6.45) is 1.60. The number of esters is 1. The van der Waals surface area contributed by atoms with Crippen molar-refractivity contribution in [2.75, 3.05) is 19.6 Å². The molecule has 1 aliphatic rings. The van der Waals surface area contributed by atoms with E-state index in [4.69, 9.17) is 4.74 Å². The zero-order chi connectivity index (χ0) is 14.4. The van der Waals surface area contributed by atoms with Gasteiger partial charge in [0.05, 0.1) is 12.0 Å². The highest BCUT2D eigenvalue weighted by Crippen LogP contribution is 2.13. The Kier molecular flexibility index (Phi) is 5.56. The van der Waals surface area contributed by atoms with Gasteiger partial charge in [-0.15, -0.1) is 0 Å². The fourth-order valence-electron chi connectivity index (χ4n) is 2.53. The summed E-state index contributed by atoms with van der Waals surface area (Å²) >= 11 is 0. The van der Waals surface area contributed by atoms with Crippen molar-refractivity contribution in [3.05, 3.63) is 35.9 Å². The highest BCUT2D eigenvalue weighted by molar-refractivity contribution is 5.72. The van der Waals surface area contributed by atoms with Gasteiger partial charge in [0.25, 0.3) is 0 Å². The Bertz CT molecular complexity index is 421. The molecule has 4 nitrogen and oxygen atoms in total. The lowest BCUT2D eigenvalue weighted by molar-refractivity contribution is -0.150. The summed E-state index contributed by atoms with van der Waals surface area (Å²) in [5.41, 5.74) is 1.00. The summed E-state index contributed by atoms with van der Waals surface area (Å²) in [6.45, 7) is 4.48. The molecular formula is C16H23NO3. The second-order valence-electron chi connectivity index (χ2n) is 5.55. The van der Waals surface area contributed by atoms with Crippen LogP contribution in [0.25, 0.3) is 0 Å². The van der Waals surface area contributed by atoms with Crippen LogP contribution >= 0.6 is 0 Å². The minimum absolute atomic E-state index is 0.163. The Morgan fingerprint density at radius 2 is 2.20 bits per heavy atom. The third-order valence-corrected chi connectivity index (χ3v) is 3.64. The highest BCUT2D eigenvalue weighted by Gasteiger charge is 2.23. The zero-order valence-corrected chi connectivity index (χ0v) is 12.0. The van der Waals surface area contributed by atoms with Crippen LogP contribution in [-0.4, -0.2) is 41.7 Å². The van der Waals surface area contributed by atoms with E-state index in [1.54, 1.807) is 0 Å². The summed E-state index contributed by atoms with van der Waals surface area (Å²) in [6, 6.07) is 9.69. The molecule has 1 aromatic carbocycles. The van der Waals surface area contributed by atoms with Crippen LogP contribution in [0, 0.1) is 5.92 Å². The van der Waals surface area contributed by atoms with Crippen molar-refractivity contribution in [1.29, 1.82) is 0 Å². The summed E-state index contributed by atoms with van der Waals surface area (Å²) in [5, 5.41) is 9.63. The van der Waals surface area contributed by atoms with E-state index in [-0.39, 0.29) is 18.0 Å². The molecule has 110 valence electrons. The number of rotatable bonds is 5. The number of piperidine rings is 1. The van der Waals surface area contributed by atoms with Gasteiger partial charge in [0, 0.05) is 13.1 Å². The largest absolute Gasteiger partial charge is 0.461 e. The molecule has 1 heterocycles. The van der Waals surface area contributed by atoms with Crippen molar-refractivity contribution < 1.29 is 14.6 Å². The number of benzene rings is 1. The third kappa shape index (κ3) is 4.62. The number of β-amino-alcohol motifs (C(OH)–C–C–N with tert-alkyl or cyclic N) is 1. The average molecular weight is 277 g/mol. The van der Waals surface area contributed by atoms with E-state index in [0.29, 0.717) is 19.7 Å². The molecule has 1 aromatic rings. The molecule has 0 saturated carbocycles. The minimum Gasteiger partial charge on any atom is -0.461 e. The predicted octanol–water partition coefficient (Wildman–Crippen LogP) is 1.82. The number of nitrogens with zero attached hydrogens (tertiary/aromatic N) is 1. The summed E-state index contributed by atoms with van der Waals surface area (Å²) in [7, 11) is 0. The quantitative estimate of drug-likeness (QED) is 0.834. The van der Waals surface area contributed by atoms with E-state index in [9.17, 15) is 9.90 Å². The number of carbonyl (C=O) groups is 1. The van der Waals surface area contributed by atoms with Gasteiger partial charge < -0.3 is 9.84 Å². The Morgan fingerprint density at radius 3 is 2.90 bits per heavy atom. The van der Waals surface area contributed by atoms with Crippen LogP contribution in [0.5, 0.6) is 0 Å². The van der Waals surface area contributed by atoms with E-state index in [1.165, 1.54) is 0 Å². The number of ether oxygens (including phenoxy) is 1. The molecule has 0 bridgehead atoms. The standard InChI is InChI=1S/C16H23NO3/c1-13(10-17-9-5-8-15(18)11-17)16(19)20-12-14-6-3-2-4-7-14/h2-4,6-7,13,15,18H,5,8-12H2,1H3. The fraction of sp³-hybridized carbons (Fsp3) is 0.562.